The number of amides is 1. The molecular weight excluding hydrogens is 379 g/mol. The molecule has 0 aliphatic carbocycles. The molecule has 0 aliphatic rings. The molecule has 9 heteroatoms. The number of nitrogens with zero attached hydrogens (tertiary/aromatic N) is 2. The largest absolute Gasteiger partial charge is 0.493 e. The quantitative estimate of drug-likeness (QED) is 0.668. The smallest absolute Gasteiger partial charge is 0.271 e. The summed E-state index contributed by atoms with van der Waals surface area (Å²) < 4.78 is 11.3. The Labute approximate surface area is 159 Å². The van der Waals surface area contributed by atoms with Crippen molar-refractivity contribution in [1.29, 1.82) is 0 Å². The number of para-hydroxylation sites is 1. The van der Waals surface area contributed by atoms with Crippen LogP contribution in [0.25, 0.3) is 11.3 Å². The molecule has 26 heavy (non-hydrogen) atoms. The summed E-state index contributed by atoms with van der Waals surface area (Å²) in [7, 11) is 1.51. The van der Waals surface area contributed by atoms with Crippen molar-refractivity contribution >= 4 is 29.1 Å². The molecule has 0 aliphatic heterocycles. The molecule has 0 saturated heterocycles. The number of carbonyl (C=O) groups excluding carboxylic acids is 1. The summed E-state index contributed by atoms with van der Waals surface area (Å²) in [6, 6.07) is 10.3. The van der Waals surface area contributed by atoms with Crippen molar-refractivity contribution < 1.29 is 14.3 Å². The number of hydrogen-bond donors (Lipinski definition) is 2. The molecule has 0 fully saturated rings. The number of nitrogens with two attached hydrogens (primary N) is 1. The fourth-order valence-electron chi connectivity index (χ4n) is 2.39. The maximum absolute atomic E-state index is 11.6. The Bertz CT molecular complexity index is 959. The van der Waals surface area contributed by atoms with Gasteiger partial charge in [-0.15, -0.1) is 0 Å². The summed E-state index contributed by atoms with van der Waals surface area (Å²) in [5, 5.41) is 11.2. The van der Waals surface area contributed by atoms with Gasteiger partial charge in [-0.25, -0.2) is 0 Å². The Morgan fingerprint density at radius 1 is 1.23 bits per heavy atom. The summed E-state index contributed by atoms with van der Waals surface area (Å²) in [6.07, 6.45) is 0. The molecule has 1 aromatic heterocycles. The van der Waals surface area contributed by atoms with E-state index in [9.17, 15) is 4.79 Å². The van der Waals surface area contributed by atoms with Gasteiger partial charge in [-0.05, 0) is 24.3 Å². The molecule has 7 nitrogen and oxygen atoms in total. The van der Waals surface area contributed by atoms with Crippen LogP contribution in [0.3, 0.4) is 0 Å². The molecule has 1 heterocycles. The van der Waals surface area contributed by atoms with Gasteiger partial charge in [-0.3, -0.25) is 4.79 Å². The number of nitrogens with one attached hydrogen (secondary N) is 1. The molecule has 0 radical (unpaired) electrons. The monoisotopic (exact) mass is 392 g/mol. The van der Waals surface area contributed by atoms with Crippen LogP contribution in [0.2, 0.25) is 10.0 Å². The second kappa shape index (κ2) is 7.63. The van der Waals surface area contributed by atoms with Crippen LogP contribution in [0, 0.1) is 0 Å². The molecule has 2 aromatic carbocycles. The highest BCUT2D eigenvalue weighted by Crippen LogP contribution is 2.39. The first-order valence-electron chi connectivity index (χ1n) is 7.46. The molecule has 134 valence electrons. The molecule has 0 bridgehead atoms. The highest BCUT2D eigenvalue weighted by atomic mass is 35.5. The van der Waals surface area contributed by atoms with Crippen molar-refractivity contribution in [2.75, 3.05) is 7.11 Å². The first-order valence-corrected chi connectivity index (χ1v) is 8.21. The first kappa shape index (κ1) is 18.0. The van der Waals surface area contributed by atoms with Crippen molar-refractivity contribution in [3.05, 3.63) is 57.7 Å². The highest BCUT2D eigenvalue weighted by Gasteiger charge is 2.21. The maximum Gasteiger partial charge on any atom is 0.271 e. The summed E-state index contributed by atoms with van der Waals surface area (Å²) >= 11 is 12.1. The predicted octanol–water partition coefficient (Wildman–Crippen LogP) is 3.47. The van der Waals surface area contributed by atoms with Crippen LogP contribution in [0.15, 0.2) is 36.4 Å². The Morgan fingerprint density at radius 2 is 2.04 bits per heavy atom. The van der Waals surface area contributed by atoms with Crippen LogP contribution in [0.5, 0.6) is 11.5 Å². The van der Waals surface area contributed by atoms with E-state index in [0.717, 1.165) is 5.56 Å². The molecule has 3 N–H and O–H groups in total. The van der Waals surface area contributed by atoms with Crippen molar-refractivity contribution in [3.63, 3.8) is 0 Å². The number of rotatable bonds is 6. The topological polar surface area (TPSA) is 103 Å². The highest BCUT2D eigenvalue weighted by molar-refractivity contribution is 6.35. The fraction of sp³-hybridized carbons (Fsp3) is 0.118. The van der Waals surface area contributed by atoms with Gasteiger partial charge in [0.1, 0.15) is 12.3 Å². The van der Waals surface area contributed by atoms with Crippen molar-refractivity contribution in [2.24, 2.45) is 5.73 Å². The molecule has 3 aromatic rings. The van der Waals surface area contributed by atoms with Gasteiger partial charge in [0.2, 0.25) is 0 Å². The lowest BCUT2D eigenvalue weighted by molar-refractivity contribution is 0.0996. The summed E-state index contributed by atoms with van der Waals surface area (Å²) in [5.74, 6) is 0.145. The molecular formula is C17H14Cl2N4O3. The number of hydrogen-bond acceptors (Lipinski definition) is 5. The third-order valence-corrected chi connectivity index (χ3v) is 4.21. The molecule has 0 unspecified atom stereocenters. The van der Waals surface area contributed by atoms with Gasteiger partial charge < -0.3 is 15.2 Å². The second-order valence-corrected chi connectivity index (χ2v) is 6.09. The average molecular weight is 393 g/mol. The SMILES string of the molecule is COc1cccc(-c2n[nH]nc2C(N)=O)c1OCc1ccc(Cl)cc1Cl. The van der Waals surface area contributed by atoms with Crippen LogP contribution in [-0.4, -0.2) is 28.4 Å². The number of aromatic amines is 1. The van der Waals surface area contributed by atoms with Gasteiger partial charge in [-0.1, -0.05) is 35.3 Å². The van der Waals surface area contributed by atoms with Crippen molar-refractivity contribution in [3.8, 4) is 22.8 Å². The van der Waals surface area contributed by atoms with Gasteiger partial charge in [0.25, 0.3) is 5.91 Å². The number of aromatic nitrogens is 3. The summed E-state index contributed by atoms with van der Waals surface area (Å²) in [4.78, 5) is 11.6. The Morgan fingerprint density at radius 3 is 2.73 bits per heavy atom. The van der Waals surface area contributed by atoms with Gasteiger partial charge in [0.05, 0.1) is 12.7 Å². The molecule has 0 atom stereocenters. The number of ether oxygens (including phenoxy) is 2. The summed E-state index contributed by atoms with van der Waals surface area (Å²) in [5.41, 5.74) is 6.88. The summed E-state index contributed by atoms with van der Waals surface area (Å²) in [6.45, 7) is 0.160. The van der Waals surface area contributed by atoms with E-state index in [4.69, 9.17) is 38.4 Å². The average Bonchev–Trinajstić information content (AvgIpc) is 3.10. The third-order valence-electron chi connectivity index (χ3n) is 3.62. The van der Waals surface area contributed by atoms with E-state index >= 15 is 0 Å². The lowest BCUT2D eigenvalue weighted by Crippen LogP contribution is -2.13. The number of halogens is 2. The van der Waals surface area contributed by atoms with E-state index in [1.54, 1.807) is 36.4 Å². The minimum absolute atomic E-state index is 0.00706. The minimum atomic E-state index is -0.705. The minimum Gasteiger partial charge on any atom is -0.493 e. The standard InChI is InChI=1S/C17H14Cl2N4O3/c1-25-13-4-2-3-11(14-15(17(20)24)22-23-21-14)16(13)26-8-9-5-6-10(18)7-12(9)19/h2-7H,8H2,1H3,(H2,20,24)(H,21,22,23). The lowest BCUT2D eigenvalue weighted by Gasteiger charge is -2.15. The Balaban J connectivity index is 2.00. The molecule has 3 rings (SSSR count). The third kappa shape index (κ3) is 3.58. The van der Waals surface area contributed by atoms with Gasteiger partial charge in [0.15, 0.2) is 17.2 Å². The second-order valence-electron chi connectivity index (χ2n) is 5.25. The van der Waals surface area contributed by atoms with Crippen molar-refractivity contribution in [2.45, 2.75) is 6.61 Å². The Kier molecular flexibility index (Phi) is 5.29. The number of carbonyl (C=O) groups is 1. The van der Waals surface area contributed by atoms with Gasteiger partial charge in [-0.2, -0.15) is 15.4 Å². The lowest BCUT2D eigenvalue weighted by atomic mass is 10.1. The van der Waals surface area contributed by atoms with Crippen LogP contribution >= 0.6 is 23.2 Å². The predicted molar refractivity (Wildman–Crippen MR) is 97.7 cm³/mol. The number of primary amides is 1. The number of H-pyrrole nitrogens is 1. The zero-order valence-electron chi connectivity index (χ0n) is 13.6. The van der Waals surface area contributed by atoms with Crippen LogP contribution in [0.4, 0.5) is 0 Å². The van der Waals surface area contributed by atoms with Crippen molar-refractivity contribution in [1.82, 2.24) is 15.4 Å². The van der Waals surface area contributed by atoms with Gasteiger partial charge in [0, 0.05) is 15.6 Å². The fourth-order valence-corrected chi connectivity index (χ4v) is 2.85. The van der Waals surface area contributed by atoms with Crippen LogP contribution in [-0.2, 0) is 6.61 Å². The zero-order valence-corrected chi connectivity index (χ0v) is 15.1. The van der Waals surface area contributed by atoms with Crippen LogP contribution < -0.4 is 15.2 Å². The van der Waals surface area contributed by atoms with E-state index in [0.29, 0.717) is 27.1 Å². The molecule has 0 saturated carbocycles. The van der Waals surface area contributed by atoms with E-state index < -0.39 is 5.91 Å². The zero-order chi connectivity index (χ0) is 18.7. The Hall–Kier alpha value is -2.77. The van der Waals surface area contributed by atoms with E-state index in [1.165, 1.54) is 7.11 Å². The normalized spacial score (nSPS) is 10.6. The van der Waals surface area contributed by atoms with Gasteiger partial charge >= 0.3 is 0 Å². The van der Waals surface area contributed by atoms with Crippen LogP contribution in [0.1, 0.15) is 16.1 Å². The molecule has 0 spiro atoms. The van der Waals surface area contributed by atoms with E-state index in [1.807, 2.05) is 0 Å². The van der Waals surface area contributed by atoms with E-state index in [2.05, 4.69) is 15.4 Å². The first-order chi connectivity index (χ1) is 12.5. The molecule has 1 amide bonds. The number of methoxy groups -OCH3 is 1. The van der Waals surface area contributed by atoms with E-state index in [-0.39, 0.29) is 18.0 Å². The number of benzene rings is 2. The maximum atomic E-state index is 11.6.